The number of carbonyl (C=O) groups excluding carboxylic acids is 1. The fourth-order valence-electron chi connectivity index (χ4n) is 2.91. The summed E-state index contributed by atoms with van der Waals surface area (Å²) >= 11 is 0. The SMILES string of the molecule is CC(C)COC(=O)N1CCC[C@@H](c2cccc(OC(C)(C)C(=O)O)c2)C1. The van der Waals surface area contributed by atoms with E-state index in [-0.39, 0.29) is 12.0 Å². The Labute approximate surface area is 155 Å². The van der Waals surface area contributed by atoms with Gasteiger partial charge in [0.05, 0.1) is 6.61 Å². The number of aliphatic carboxylic acids is 1. The second-order valence-corrected chi connectivity index (χ2v) is 7.75. The molecule has 1 atom stereocenters. The Morgan fingerprint density at radius 2 is 2.08 bits per heavy atom. The highest BCUT2D eigenvalue weighted by Gasteiger charge is 2.30. The van der Waals surface area contributed by atoms with Gasteiger partial charge < -0.3 is 19.5 Å². The van der Waals surface area contributed by atoms with E-state index < -0.39 is 11.6 Å². The van der Waals surface area contributed by atoms with Gasteiger partial charge in [-0.25, -0.2) is 9.59 Å². The summed E-state index contributed by atoms with van der Waals surface area (Å²) in [6.45, 7) is 8.79. The summed E-state index contributed by atoms with van der Waals surface area (Å²) in [7, 11) is 0. The number of benzene rings is 1. The maximum atomic E-state index is 12.2. The highest BCUT2D eigenvalue weighted by molar-refractivity contribution is 5.76. The van der Waals surface area contributed by atoms with Gasteiger partial charge in [0.1, 0.15) is 5.75 Å². The third-order valence-corrected chi connectivity index (χ3v) is 4.44. The molecule has 1 amide bonds. The van der Waals surface area contributed by atoms with Gasteiger partial charge in [-0.15, -0.1) is 0 Å². The van der Waals surface area contributed by atoms with E-state index in [1.807, 2.05) is 32.0 Å². The summed E-state index contributed by atoms with van der Waals surface area (Å²) in [4.78, 5) is 25.2. The van der Waals surface area contributed by atoms with E-state index >= 15 is 0 Å². The summed E-state index contributed by atoms with van der Waals surface area (Å²) in [5, 5.41) is 9.22. The van der Waals surface area contributed by atoms with Crippen LogP contribution in [0.25, 0.3) is 0 Å². The van der Waals surface area contributed by atoms with E-state index in [4.69, 9.17) is 9.47 Å². The normalized spacial score (nSPS) is 17.9. The number of carbonyl (C=O) groups is 2. The van der Waals surface area contributed by atoms with E-state index in [9.17, 15) is 14.7 Å². The molecule has 1 aromatic rings. The maximum Gasteiger partial charge on any atom is 0.409 e. The van der Waals surface area contributed by atoms with E-state index in [2.05, 4.69) is 0 Å². The van der Waals surface area contributed by atoms with Crippen LogP contribution in [0.2, 0.25) is 0 Å². The van der Waals surface area contributed by atoms with Crippen molar-refractivity contribution in [3.8, 4) is 5.75 Å². The van der Waals surface area contributed by atoms with Crippen molar-refractivity contribution in [2.75, 3.05) is 19.7 Å². The molecule has 2 rings (SSSR count). The predicted molar refractivity (Wildman–Crippen MR) is 98.5 cm³/mol. The Hall–Kier alpha value is -2.24. The van der Waals surface area contributed by atoms with Crippen LogP contribution in [0, 0.1) is 5.92 Å². The number of carboxylic acids is 1. The first-order chi connectivity index (χ1) is 12.2. The van der Waals surface area contributed by atoms with Gasteiger partial charge in [0.2, 0.25) is 0 Å². The van der Waals surface area contributed by atoms with Crippen LogP contribution < -0.4 is 4.74 Å². The monoisotopic (exact) mass is 363 g/mol. The zero-order valence-corrected chi connectivity index (χ0v) is 16.0. The first-order valence-corrected chi connectivity index (χ1v) is 9.13. The lowest BCUT2D eigenvalue weighted by Crippen LogP contribution is -2.40. The summed E-state index contributed by atoms with van der Waals surface area (Å²) in [6, 6.07) is 7.48. The van der Waals surface area contributed by atoms with Crippen molar-refractivity contribution in [1.82, 2.24) is 4.90 Å². The zero-order chi connectivity index (χ0) is 19.3. The van der Waals surface area contributed by atoms with Crippen molar-refractivity contribution in [2.24, 2.45) is 5.92 Å². The van der Waals surface area contributed by atoms with Gasteiger partial charge in [-0.2, -0.15) is 0 Å². The van der Waals surface area contributed by atoms with Gasteiger partial charge in [-0.05, 0) is 50.3 Å². The van der Waals surface area contributed by atoms with Crippen LogP contribution in [0.1, 0.15) is 52.0 Å². The van der Waals surface area contributed by atoms with Crippen LogP contribution in [0.15, 0.2) is 24.3 Å². The Balaban J connectivity index is 2.05. The largest absolute Gasteiger partial charge is 0.478 e. The molecule has 1 N–H and O–H groups in total. The number of likely N-dealkylation sites (tertiary alicyclic amines) is 1. The average molecular weight is 363 g/mol. The van der Waals surface area contributed by atoms with Crippen LogP contribution >= 0.6 is 0 Å². The summed E-state index contributed by atoms with van der Waals surface area (Å²) in [5.74, 6) is 0.00634. The lowest BCUT2D eigenvalue weighted by atomic mass is 9.90. The molecule has 0 unspecified atom stereocenters. The minimum Gasteiger partial charge on any atom is -0.478 e. The topological polar surface area (TPSA) is 76.1 Å². The van der Waals surface area contributed by atoms with Gasteiger partial charge >= 0.3 is 12.1 Å². The van der Waals surface area contributed by atoms with Crippen molar-refractivity contribution < 1.29 is 24.2 Å². The Bertz CT molecular complexity index is 641. The lowest BCUT2D eigenvalue weighted by molar-refractivity contribution is -0.152. The van der Waals surface area contributed by atoms with Gasteiger partial charge in [0.15, 0.2) is 5.60 Å². The van der Waals surface area contributed by atoms with E-state index in [0.717, 1.165) is 18.4 Å². The molecule has 0 aromatic heterocycles. The van der Waals surface area contributed by atoms with E-state index in [1.165, 1.54) is 13.8 Å². The summed E-state index contributed by atoms with van der Waals surface area (Å²) in [6.07, 6.45) is 1.62. The Kier molecular flexibility index (Phi) is 6.51. The van der Waals surface area contributed by atoms with E-state index in [0.29, 0.717) is 31.4 Å². The second kappa shape index (κ2) is 8.43. The van der Waals surface area contributed by atoms with Crippen LogP contribution in [0.3, 0.4) is 0 Å². The summed E-state index contributed by atoms with van der Waals surface area (Å²) in [5.41, 5.74) is -0.247. The maximum absolute atomic E-state index is 12.2. The molecule has 1 saturated heterocycles. The first kappa shape index (κ1) is 20.1. The molecule has 1 aliphatic heterocycles. The number of amides is 1. The molecule has 26 heavy (non-hydrogen) atoms. The highest BCUT2D eigenvalue weighted by atomic mass is 16.6. The van der Waals surface area contributed by atoms with Gasteiger partial charge in [-0.1, -0.05) is 26.0 Å². The van der Waals surface area contributed by atoms with Crippen LogP contribution in [0.4, 0.5) is 4.79 Å². The number of carboxylic acid groups (broad SMARTS) is 1. The molecule has 0 saturated carbocycles. The number of hydrogen-bond acceptors (Lipinski definition) is 4. The number of nitrogens with zero attached hydrogens (tertiary/aromatic N) is 1. The molecule has 144 valence electrons. The minimum atomic E-state index is -1.29. The highest BCUT2D eigenvalue weighted by Crippen LogP contribution is 2.30. The third-order valence-electron chi connectivity index (χ3n) is 4.44. The van der Waals surface area contributed by atoms with Crippen molar-refractivity contribution >= 4 is 12.1 Å². The minimum absolute atomic E-state index is 0.187. The molecule has 1 heterocycles. The number of ether oxygens (including phenoxy) is 2. The van der Waals surface area contributed by atoms with Crippen LogP contribution in [0.5, 0.6) is 5.75 Å². The average Bonchev–Trinajstić information content (AvgIpc) is 2.59. The third kappa shape index (κ3) is 5.38. The molecule has 6 heteroatoms. The fraction of sp³-hybridized carbons (Fsp3) is 0.600. The molecule has 1 fully saturated rings. The molecular formula is C20H29NO5. The number of rotatable bonds is 6. The van der Waals surface area contributed by atoms with E-state index in [1.54, 1.807) is 11.0 Å². The zero-order valence-electron chi connectivity index (χ0n) is 16.0. The standard InChI is InChI=1S/C20H29NO5/c1-14(2)13-25-19(24)21-10-6-8-16(12-21)15-7-5-9-17(11-15)26-20(3,4)18(22)23/h5,7,9,11,14,16H,6,8,10,12-13H2,1-4H3,(H,22,23)/t16-/m1/s1. The molecule has 1 aromatic carbocycles. The predicted octanol–water partition coefficient (Wildman–Crippen LogP) is 3.90. The second-order valence-electron chi connectivity index (χ2n) is 7.75. The molecule has 0 radical (unpaired) electrons. The molecule has 6 nitrogen and oxygen atoms in total. The number of piperidine rings is 1. The molecule has 0 aliphatic carbocycles. The van der Waals surface area contributed by atoms with Crippen molar-refractivity contribution in [2.45, 2.75) is 52.1 Å². The van der Waals surface area contributed by atoms with Crippen molar-refractivity contribution in [1.29, 1.82) is 0 Å². The first-order valence-electron chi connectivity index (χ1n) is 9.13. The van der Waals surface area contributed by atoms with Crippen LogP contribution in [-0.4, -0.2) is 47.4 Å². The quantitative estimate of drug-likeness (QED) is 0.829. The fourth-order valence-corrected chi connectivity index (χ4v) is 2.91. The Morgan fingerprint density at radius 1 is 1.35 bits per heavy atom. The molecule has 1 aliphatic rings. The Morgan fingerprint density at radius 3 is 2.73 bits per heavy atom. The van der Waals surface area contributed by atoms with Gasteiger partial charge in [0.25, 0.3) is 0 Å². The lowest BCUT2D eigenvalue weighted by Gasteiger charge is -2.32. The molecular weight excluding hydrogens is 334 g/mol. The smallest absolute Gasteiger partial charge is 0.409 e. The van der Waals surface area contributed by atoms with Crippen LogP contribution in [-0.2, 0) is 9.53 Å². The van der Waals surface area contributed by atoms with Crippen molar-refractivity contribution in [3.05, 3.63) is 29.8 Å². The van der Waals surface area contributed by atoms with Gasteiger partial charge in [-0.3, -0.25) is 0 Å². The summed E-state index contributed by atoms with van der Waals surface area (Å²) < 4.78 is 11.0. The molecule has 0 spiro atoms. The molecule has 0 bridgehead atoms. The number of hydrogen-bond donors (Lipinski definition) is 1. The van der Waals surface area contributed by atoms with Crippen molar-refractivity contribution in [3.63, 3.8) is 0 Å². The van der Waals surface area contributed by atoms with Gasteiger partial charge in [0, 0.05) is 19.0 Å².